The molecule has 3 heterocycles. The number of amides is 2. The van der Waals surface area contributed by atoms with Crippen molar-refractivity contribution in [1.82, 2.24) is 0 Å². The van der Waals surface area contributed by atoms with Gasteiger partial charge in [0.05, 0.1) is 28.7 Å². The number of ether oxygens (including phenoxy) is 1. The Balaban J connectivity index is 1.80. The molecule has 4 rings (SSSR count). The van der Waals surface area contributed by atoms with Crippen LogP contribution in [0.5, 0.6) is 0 Å². The van der Waals surface area contributed by atoms with Gasteiger partial charge in [0.15, 0.2) is 0 Å². The largest absolute Gasteiger partial charge is 0.359 e. The van der Waals surface area contributed by atoms with E-state index in [0.717, 1.165) is 4.47 Å². The van der Waals surface area contributed by atoms with Crippen molar-refractivity contribution in [3.8, 4) is 0 Å². The van der Waals surface area contributed by atoms with Crippen LogP contribution in [0.3, 0.4) is 0 Å². The van der Waals surface area contributed by atoms with Crippen LogP contribution >= 0.6 is 15.9 Å². The van der Waals surface area contributed by atoms with Crippen LogP contribution in [-0.4, -0.2) is 23.0 Å². The van der Waals surface area contributed by atoms with Gasteiger partial charge >= 0.3 is 0 Å². The van der Waals surface area contributed by atoms with Gasteiger partial charge in [0, 0.05) is 4.47 Å². The van der Waals surface area contributed by atoms with E-state index in [1.54, 1.807) is 12.1 Å². The number of halogens is 1. The molecule has 4 atom stereocenters. The Hall–Kier alpha value is -1.46. The summed E-state index contributed by atoms with van der Waals surface area (Å²) in [5, 5.41) is 0. The fourth-order valence-electron chi connectivity index (χ4n) is 3.88. The zero-order valence-corrected chi connectivity index (χ0v) is 13.3. The molecule has 0 N–H and O–H groups in total. The fraction of sp³-hybridized carbons (Fsp3) is 0.375. The maximum Gasteiger partial charge on any atom is 0.241 e. The van der Waals surface area contributed by atoms with Gasteiger partial charge in [-0.05, 0) is 38.1 Å². The minimum Gasteiger partial charge on any atom is -0.359 e. The minimum absolute atomic E-state index is 0.164. The number of hydrogen-bond donors (Lipinski definition) is 0. The van der Waals surface area contributed by atoms with Gasteiger partial charge in [0.2, 0.25) is 11.8 Å². The normalized spacial score (nSPS) is 40.2. The molecule has 21 heavy (non-hydrogen) atoms. The SMILES string of the molecule is C[C@]12C=C[C@](C)(O1)[C@@H]1C(=O)N(c3ccc(Br)cc3)C(=O)[C@@H]12. The first-order valence-corrected chi connectivity index (χ1v) is 7.69. The van der Waals surface area contributed by atoms with Crippen LogP contribution < -0.4 is 4.90 Å². The van der Waals surface area contributed by atoms with E-state index in [1.165, 1.54) is 4.90 Å². The average molecular weight is 348 g/mol. The molecule has 2 bridgehead atoms. The van der Waals surface area contributed by atoms with Gasteiger partial charge in [-0.15, -0.1) is 0 Å². The van der Waals surface area contributed by atoms with Crippen LogP contribution in [0.4, 0.5) is 5.69 Å². The Kier molecular flexibility index (Phi) is 2.42. The Labute approximate surface area is 130 Å². The van der Waals surface area contributed by atoms with Gasteiger partial charge in [-0.25, -0.2) is 4.90 Å². The van der Waals surface area contributed by atoms with Crippen LogP contribution in [-0.2, 0) is 14.3 Å². The summed E-state index contributed by atoms with van der Waals surface area (Å²) >= 11 is 3.36. The Bertz CT molecular complexity index is 662. The Morgan fingerprint density at radius 2 is 1.48 bits per heavy atom. The molecule has 0 radical (unpaired) electrons. The summed E-state index contributed by atoms with van der Waals surface area (Å²) in [5.41, 5.74) is -0.721. The van der Waals surface area contributed by atoms with E-state index >= 15 is 0 Å². The molecular formula is C16H14BrNO3. The Morgan fingerprint density at radius 1 is 1.00 bits per heavy atom. The molecule has 1 aromatic carbocycles. The van der Waals surface area contributed by atoms with Crippen LogP contribution in [0.25, 0.3) is 0 Å². The number of rotatable bonds is 1. The highest BCUT2D eigenvalue weighted by molar-refractivity contribution is 9.10. The predicted molar refractivity (Wildman–Crippen MR) is 80.7 cm³/mol. The first kappa shape index (κ1) is 13.2. The summed E-state index contributed by atoms with van der Waals surface area (Å²) in [4.78, 5) is 26.9. The van der Waals surface area contributed by atoms with E-state index in [2.05, 4.69) is 15.9 Å². The molecule has 2 saturated heterocycles. The van der Waals surface area contributed by atoms with Crippen molar-refractivity contribution in [2.45, 2.75) is 25.0 Å². The van der Waals surface area contributed by atoms with Crippen molar-refractivity contribution >= 4 is 33.4 Å². The van der Waals surface area contributed by atoms with Crippen LogP contribution in [0.15, 0.2) is 40.9 Å². The number of carbonyl (C=O) groups is 2. The summed E-state index contributed by atoms with van der Waals surface area (Å²) in [6.07, 6.45) is 3.84. The van der Waals surface area contributed by atoms with E-state index in [1.807, 2.05) is 38.1 Å². The topological polar surface area (TPSA) is 46.6 Å². The van der Waals surface area contributed by atoms with Crippen molar-refractivity contribution in [1.29, 1.82) is 0 Å². The van der Waals surface area contributed by atoms with E-state index in [4.69, 9.17) is 4.74 Å². The van der Waals surface area contributed by atoms with Gasteiger partial charge in [-0.3, -0.25) is 9.59 Å². The summed E-state index contributed by atoms with van der Waals surface area (Å²) in [5.74, 6) is -1.18. The van der Waals surface area contributed by atoms with Crippen molar-refractivity contribution in [2.24, 2.45) is 11.8 Å². The van der Waals surface area contributed by atoms with Gasteiger partial charge in [0.1, 0.15) is 0 Å². The third-order valence-corrected chi connectivity index (χ3v) is 5.34. The lowest BCUT2D eigenvalue weighted by Crippen LogP contribution is -2.39. The lowest BCUT2D eigenvalue weighted by atomic mass is 9.73. The molecule has 0 unspecified atom stereocenters. The molecule has 3 aliphatic rings. The lowest BCUT2D eigenvalue weighted by Gasteiger charge is -2.25. The standard InChI is InChI=1S/C16H14BrNO3/c1-15-7-8-16(2,21-15)12-11(15)13(19)18(14(12)20)10-5-3-9(17)4-6-10/h3-8,11-12H,1-2H3/t11-,12+,15-,16+. The highest BCUT2D eigenvalue weighted by atomic mass is 79.9. The number of carbonyl (C=O) groups excluding carboxylic acids is 2. The zero-order chi connectivity index (χ0) is 15.0. The van der Waals surface area contributed by atoms with E-state index in [0.29, 0.717) is 5.69 Å². The highest BCUT2D eigenvalue weighted by Gasteiger charge is 2.70. The summed E-state index contributed by atoms with van der Waals surface area (Å²) in [6, 6.07) is 7.22. The fourth-order valence-corrected chi connectivity index (χ4v) is 4.14. The van der Waals surface area contributed by atoms with Gasteiger partial charge in [0.25, 0.3) is 0 Å². The third-order valence-electron chi connectivity index (χ3n) is 4.81. The van der Waals surface area contributed by atoms with Crippen LogP contribution in [0.1, 0.15) is 13.8 Å². The molecule has 0 aliphatic carbocycles. The number of nitrogens with zero attached hydrogens (tertiary/aromatic N) is 1. The van der Waals surface area contributed by atoms with Crippen LogP contribution in [0, 0.1) is 11.8 Å². The van der Waals surface area contributed by atoms with Gasteiger partial charge in [-0.1, -0.05) is 28.1 Å². The number of anilines is 1. The quantitative estimate of drug-likeness (QED) is 0.579. The molecule has 108 valence electrons. The number of benzene rings is 1. The minimum atomic E-state index is -0.670. The molecule has 2 fully saturated rings. The molecule has 0 aromatic heterocycles. The molecular weight excluding hydrogens is 334 g/mol. The monoisotopic (exact) mass is 347 g/mol. The lowest BCUT2D eigenvalue weighted by molar-refractivity contribution is -0.128. The van der Waals surface area contributed by atoms with Gasteiger partial charge in [-0.2, -0.15) is 0 Å². The van der Waals surface area contributed by atoms with E-state index in [9.17, 15) is 9.59 Å². The summed E-state index contributed by atoms with van der Waals surface area (Å²) < 4.78 is 6.88. The summed E-state index contributed by atoms with van der Waals surface area (Å²) in [6.45, 7) is 3.77. The number of fused-ring (bicyclic) bond motifs is 5. The first-order valence-electron chi connectivity index (χ1n) is 6.90. The van der Waals surface area contributed by atoms with Crippen LogP contribution in [0.2, 0.25) is 0 Å². The average Bonchev–Trinajstić information content (AvgIpc) is 2.97. The second-order valence-corrected chi connectivity index (χ2v) is 7.16. The van der Waals surface area contributed by atoms with Crippen molar-refractivity contribution in [3.63, 3.8) is 0 Å². The molecule has 5 heteroatoms. The second kappa shape index (κ2) is 3.84. The number of hydrogen-bond acceptors (Lipinski definition) is 3. The molecule has 4 nitrogen and oxygen atoms in total. The smallest absolute Gasteiger partial charge is 0.241 e. The molecule has 3 aliphatic heterocycles. The first-order chi connectivity index (χ1) is 9.86. The predicted octanol–water partition coefficient (Wildman–Crippen LogP) is 2.67. The van der Waals surface area contributed by atoms with Crippen molar-refractivity contribution in [2.75, 3.05) is 4.90 Å². The molecule has 0 saturated carbocycles. The van der Waals surface area contributed by atoms with Crippen molar-refractivity contribution < 1.29 is 14.3 Å². The maximum absolute atomic E-state index is 12.8. The van der Waals surface area contributed by atoms with Gasteiger partial charge < -0.3 is 4.74 Å². The summed E-state index contributed by atoms with van der Waals surface area (Å²) in [7, 11) is 0. The Morgan fingerprint density at radius 3 is 1.95 bits per heavy atom. The molecule has 2 amide bonds. The molecule has 1 aromatic rings. The highest BCUT2D eigenvalue weighted by Crippen LogP contribution is 2.57. The van der Waals surface area contributed by atoms with Crippen molar-refractivity contribution in [3.05, 3.63) is 40.9 Å². The third kappa shape index (κ3) is 1.53. The second-order valence-electron chi connectivity index (χ2n) is 6.25. The van der Waals surface area contributed by atoms with E-state index < -0.39 is 23.0 Å². The maximum atomic E-state index is 12.8. The zero-order valence-electron chi connectivity index (χ0n) is 11.7. The molecule has 0 spiro atoms. The van der Waals surface area contributed by atoms with E-state index in [-0.39, 0.29) is 11.8 Å². The number of imide groups is 1.